The lowest BCUT2D eigenvalue weighted by Gasteiger charge is -2.12. The number of aromatic nitrogens is 1. The van der Waals surface area contributed by atoms with Gasteiger partial charge in [0.2, 0.25) is 0 Å². The molecule has 7 nitrogen and oxygen atoms in total. The Morgan fingerprint density at radius 3 is 2.48 bits per heavy atom. The summed E-state index contributed by atoms with van der Waals surface area (Å²) in [5.41, 5.74) is 6.02. The van der Waals surface area contributed by atoms with Crippen LogP contribution in [-0.2, 0) is 9.84 Å². The first-order chi connectivity index (χ1) is 9.20. The van der Waals surface area contributed by atoms with Crippen LogP contribution in [0.2, 0.25) is 0 Å². The number of guanidine groups is 1. The van der Waals surface area contributed by atoms with Crippen LogP contribution in [-0.4, -0.2) is 43.5 Å². The number of halogens is 1. The minimum Gasteiger partial charge on any atom is -0.370 e. The second kappa shape index (κ2) is 5.74. The number of nitrogens with two attached hydrogens (primary N) is 1. The van der Waals surface area contributed by atoms with Crippen molar-refractivity contribution < 1.29 is 13.2 Å². The summed E-state index contributed by atoms with van der Waals surface area (Å²) in [6.45, 7) is 0. The summed E-state index contributed by atoms with van der Waals surface area (Å²) in [4.78, 5) is 16.0. The van der Waals surface area contributed by atoms with Gasteiger partial charge in [-0.1, -0.05) is 6.07 Å². The molecular weight excluding hydrogens is 316 g/mol. The van der Waals surface area contributed by atoms with Crippen molar-refractivity contribution in [3.8, 4) is 0 Å². The van der Waals surface area contributed by atoms with Crippen LogP contribution < -0.4 is 5.73 Å². The topological polar surface area (TPSA) is 120 Å². The van der Waals surface area contributed by atoms with E-state index in [-0.39, 0.29) is 29.0 Å². The second-order valence-corrected chi connectivity index (χ2v) is 6.47. The van der Waals surface area contributed by atoms with Crippen LogP contribution in [0, 0.1) is 5.41 Å². The highest BCUT2D eigenvalue weighted by Gasteiger charge is 2.17. The molecule has 0 aliphatic carbocycles. The molecule has 1 aromatic carbocycles. The van der Waals surface area contributed by atoms with E-state index in [4.69, 9.17) is 11.1 Å². The molecule has 0 bridgehead atoms. The maximum Gasteiger partial charge on any atom is 0.276 e. The smallest absolute Gasteiger partial charge is 0.276 e. The van der Waals surface area contributed by atoms with Gasteiger partial charge in [0.05, 0.1) is 4.90 Å². The van der Waals surface area contributed by atoms with Gasteiger partial charge >= 0.3 is 0 Å². The molecule has 0 aliphatic heterocycles. The first-order valence-corrected chi connectivity index (χ1v) is 7.54. The Morgan fingerprint density at radius 1 is 1.33 bits per heavy atom. The van der Waals surface area contributed by atoms with E-state index in [9.17, 15) is 13.2 Å². The Kier molecular flexibility index (Phi) is 4.65. The molecule has 21 heavy (non-hydrogen) atoms. The lowest BCUT2D eigenvalue weighted by atomic mass is 10.2. The molecule has 114 valence electrons. The van der Waals surface area contributed by atoms with Gasteiger partial charge < -0.3 is 10.7 Å². The maximum atomic E-state index is 12.0. The van der Waals surface area contributed by atoms with E-state index in [0.717, 1.165) is 11.2 Å². The van der Waals surface area contributed by atoms with Crippen molar-refractivity contribution >= 4 is 45.0 Å². The molecule has 2 rings (SSSR count). The van der Waals surface area contributed by atoms with Gasteiger partial charge in [-0.05, 0) is 18.2 Å². The van der Waals surface area contributed by atoms with Crippen LogP contribution in [0.3, 0.4) is 0 Å². The van der Waals surface area contributed by atoms with Gasteiger partial charge in [0.25, 0.3) is 5.91 Å². The third kappa shape index (κ3) is 3.34. The normalized spacial score (nSPS) is 11.0. The molecule has 0 saturated heterocycles. The largest absolute Gasteiger partial charge is 0.370 e. The number of aromatic amines is 1. The van der Waals surface area contributed by atoms with Crippen LogP contribution in [0.1, 0.15) is 10.5 Å². The minimum atomic E-state index is -3.30. The molecule has 1 heterocycles. The van der Waals surface area contributed by atoms with Gasteiger partial charge in [0, 0.05) is 24.2 Å². The summed E-state index contributed by atoms with van der Waals surface area (Å²) in [7, 11) is -1.92. The Bertz CT molecular complexity index is 813. The molecule has 0 saturated carbocycles. The van der Waals surface area contributed by atoms with Gasteiger partial charge in [-0.15, -0.1) is 12.4 Å². The Hall–Kier alpha value is -2.06. The lowest BCUT2D eigenvalue weighted by molar-refractivity contribution is 0.0864. The monoisotopic (exact) mass is 330 g/mol. The maximum absolute atomic E-state index is 12.0. The van der Waals surface area contributed by atoms with E-state index in [2.05, 4.69) is 4.98 Å². The van der Waals surface area contributed by atoms with Gasteiger partial charge in [-0.3, -0.25) is 15.1 Å². The number of nitrogens with one attached hydrogen (secondary N) is 2. The average Bonchev–Trinajstić information content (AvgIpc) is 2.78. The van der Waals surface area contributed by atoms with Gasteiger partial charge in [-0.25, -0.2) is 8.42 Å². The number of nitrogens with zero attached hydrogens (tertiary/aromatic N) is 1. The van der Waals surface area contributed by atoms with Crippen molar-refractivity contribution in [2.24, 2.45) is 5.73 Å². The number of sulfone groups is 1. The predicted molar refractivity (Wildman–Crippen MR) is 82.7 cm³/mol. The molecule has 0 fully saturated rings. The van der Waals surface area contributed by atoms with Crippen molar-refractivity contribution in [1.29, 1.82) is 5.41 Å². The zero-order chi connectivity index (χ0) is 15.1. The highest BCUT2D eigenvalue weighted by molar-refractivity contribution is 7.90. The predicted octanol–water partition coefficient (Wildman–Crippen LogP) is 0.959. The molecule has 4 N–H and O–H groups in total. The number of carbonyl (C=O) groups excluding carboxylic acids is 1. The first kappa shape index (κ1) is 17.0. The quantitative estimate of drug-likeness (QED) is 0.561. The molecule has 0 atom stereocenters. The second-order valence-electron chi connectivity index (χ2n) is 4.45. The lowest BCUT2D eigenvalue weighted by Crippen LogP contribution is -2.38. The summed E-state index contributed by atoms with van der Waals surface area (Å²) in [5, 5.41) is 7.93. The molecule has 0 unspecified atom stereocenters. The molecule has 0 spiro atoms. The SMILES string of the molecule is CN(C(=N)N)C(=O)c1cc2ccc(S(C)(=O)=O)cc2[nH]1.Cl. The Balaban J connectivity index is 0.00000220. The van der Waals surface area contributed by atoms with Crippen LogP contribution in [0.4, 0.5) is 0 Å². The minimum absolute atomic E-state index is 0. The van der Waals surface area contributed by atoms with Crippen LogP contribution in [0.25, 0.3) is 10.9 Å². The third-order valence-electron chi connectivity index (χ3n) is 2.92. The zero-order valence-electron chi connectivity index (χ0n) is 11.4. The fourth-order valence-electron chi connectivity index (χ4n) is 1.74. The highest BCUT2D eigenvalue weighted by atomic mass is 35.5. The summed E-state index contributed by atoms with van der Waals surface area (Å²) < 4.78 is 23.0. The van der Waals surface area contributed by atoms with Gasteiger partial charge in [0.15, 0.2) is 15.8 Å². The fourth-order valence-corrected chi connectivity index (χ4v) is 2.39. The van der Waals surface area contributed by atoms with Crippen molar-refractivity contribution in [3.63, 3.8) is 0 Å². The summed E-state index contributed by atoms with van der Waals surface area (Å²) >= 11 is 0. The van der Waals surface area contributed by atoms with Crippen molar-refractivity contribution in [2.75, 3.05) is 13.3 Å². The van der Waals surface area contributed by atoms with E-state index in [1.54, 1.807) is 12.1 Å². The third-order valence-corrected chi connectivity index (χ3v) is 4.03. The van der Waals surface area contributed by atoms with E-state index in [1.807, 2.05) is 0 Å². The number of benzene rings is 1. The molecule has 0 radical (unpaired) electrons. The van der Waals surface area contributed by atoms with Gasteiger partial charge in [0.1, 0.15) is 5.69 Å². The van der Waals surface area contributed by atoms with Crippen molar-refractivity contribution in [1.82, 2.24) is 9.88 Å². The first-order valence-electron chi connectivity index (χ1n) is 5.65. The van der Waals surface area contributed by atoms with E-state index in [1.165, 1.54) is 19.2 Å². The van der Waals surface area contributed by atoms with Crippen LogP contribution in [0.15, 0.2) is 29.2 Å². The molecule has 2 aromatic rings. The van der Waals surface area contributed by atoms with E-state index >= 15 is 0 Å². The van der Waals surface area contributed by atoms with Crippen molar-refractivity contribution in [2.45, 2.75) is 4.90 Å². The molecule has 0 aliphatic rings. The number of carbonyl (C=O) groups is 1. The Morgan fingerprint density at radius 2 is 1.95 bits per heavy atom. The van der Waals surface area contributed by atoms with Crippen LogP contribution in [0.5, 0.6) is 0 Å². The average molecular weight is 331 g/mol. The van der Waals surface area contributed by atoms with Crippen molar-refractivity contribution in [3.05, 3.63) is 30.0 Å². The molecule has 9 heteroatoms. The van der Waals surface area contributed by atoms with Crippen LogP contribution >= 0.6 is 12.4 Å². The number of hydrogen-bond acceptors (Lipinski definition) is 4. The summed E-state index contributed by atoms with van der Waals surface area (Å²) in [6, 6.07) is 6.15. The fraction of sp³-hybridized carbons (Fsp3) is 0.167. The summed E-state index contributed by atoms with van der Waals surface area (Å²) in [5.74, 6) is -0.833. The van der Waals surface area contributed by atoms with E-state index < -0.39 is 15.7 Å². The molecule has 1 aromatic heterocycles. The molecule has 1 amide bonds. The number of H-pyrrole nitrogens is 1. The number of rotatable bonds is 2. The van der Waals surface area contributed by atoms with E-state index in [0.29, 0.717) is 10.9 Å². The Labute approximate surface area is 128 Å². The van der Waals surface area contributed by atoms with Gasteiger partial charge in [-0.2, -0.15) is 0 Å². The zero-order valence-corrected chi connectivity index (χ0v) is 13.0. The number of amides is 1. The highest BCUT2D eigenvalue weighted by Crippen LogP contribution is 2.20. The summed E-state index contributed by atoms with van der Waals surface area (Å²) in [6.07, 6.45) is 1.12. The standard InChI is InChI=1S/C12H14N4O3S.ClH/c1-16(12(13)14)11(17)10-5-7-3-4-8(20(2,18)19)6-9(7)15-10;/h3-6,15H,1-2H3,(H3,13,14);1H. The number of fused-ring (bicyclic) bond motifs is 1. The number of hydrogen-bond donors (Lipinski definition) is 3. The molecular formula is C12H15ClN4O3S.